The standard InChI is InChI=1S/C21H18ClN3O2/c22-16-5-9-18(10-6-16)27-17-7-1-14(2-8-17)13-20(26)24-19-11-12-23-21(25-19)15-3-4-15/h1-2,5-12,15H,3-4,13H2,(H,23,24,25,26). The molecule has 4 rings (SSSR count). The lowest BCUT2D eigenvalue weighted by Gasteiger charge is -2.08. The average molecular weight is 380 g/mol. The first kappa shape index (κ1) is 17.5. The zero-order valence-corrected chi connectivity index (χ0v) is 15.3. The van der Waals surface area contributed by atoms with Crippen LogP contribution in [-0.2, 0) is 11.2 Å². The third-order valence-electron chi connectivity index (χ3n) is 4.22. The van der Waals surface area contributed by atoms with Crippen LogP contribution in [0.5, 0.6) is 11.5 Å². The summed E-state index contributed by atoms with van der Waals surface area (Å²) in [5, 5.41) is 3.50. The SMILES string of the molecule is O=C(Cc1ccc(Oc2ccc(Cl)cc2)cc1)Nc1ccnc(C2CC2)n1. The van der Waals surface area contributed by atoms with E-state index in [1.165, 1.54) is 0 Å². The van der Waals surface area contributed by atoms with Crippen LogP contribution in [0.15, 0.2) is 60.8 Å². The van der Waals surface area contributed by atoms with E-state index in [-0.39, 0.29) is 12.3 Å². The van der Waals surface area contributed by atoms with Gasteiger partial charge in [-0.25, -0.2) is 9.97 Å². The molecule has 0 unspecified atom stereocenters. The molecule has 0 bridgehead atoms. The molecule has 27 heavy (non-hydrogen) atoms. The molecule has 2 aromatic carbocycles. The van der Waals surface area contributed by atoms with Crippen molar-refractivity contribution < 1.29 is 9.53 Å². The minimum absolute atomic E-state index is 0.109. The Balaban J connectivity index is 1.34. The fraction of sp³-hybridized carbons (Fsp3) is 0.190. The maximum Gasteiger partial charge on any atom is 0.229 e. The Morgan fingerprint density at radius 2 is 1.70 bits per heavy atom. The molecule has 136 valence electrons. The van der Waals surface area contributed by atoms with E-state index in [1.807, 2.05) is 24.3 Å². The highest BCUT2D eigenvalue weighted by molar-refractivity contribution is 6.30. The second-order valence-corrected chi connectivity index (χ2v) is 6.94. The number of amides is 1. The summed E-state index contributed by atoms with van der Waals surface area (Å²) in [4.78, 5) is 20.9. The normalized spacial score (nSPS) is 13.2. The zero-order valence-electron chi connectivity index (χ0n) is 14.6. The molecule has 1 heterocycles. The van der Waals surface area contributed by atoms with Crippen molar-refractivity contribution in [3.63, 3.8) is 0 Å². The fourth-order valence-electron chi connectivity index (χ4n) is 2.67. The third-order valence-corrected chi connectivity index (χ3v) is 4.47. The Labute approximate surface area is 162 Å². The van der Waals surface area contributed by atoms with E-state index in [9.17, 15) is 4.79 Å². The predicted molar refractivity (Wildman–Crippen MR) is 104 cm³/mol. The van der Waals surface area contributed by atoms with Crippen LogP contribution in [0.25, 0.3) is 0 Å². The topological polar surface area (TPSA) is 64.1 Å². The summed E-state index contributed by atoms with van der Waals surface area (Å²) in [5.41, 5.74) is 0.896. The van der Waals surface area contributed by atoms with E-state index in [2.05, 4.69) is 15.3 Å². The lowest BCUT2D eigenvalue weighted by Crippen LogP contribution is -2.15. The molecule has 6 heteroatoms. The number of rotatable bonds is 6. The molecule has 1 amide bonds. The number of aromatic nitrogens is 2. The summed E-state index contributed by atoms with van der Waals surface area (Å²) in [5.74, 6) is 3.12. The zero-order chi connectivity index (χ0) is 18.6. The molecule has 0 radical (unpaired) electrons. The van der Waals surface area contributed by atoms with Crippen molar-refractivity contribution in [2.24, 2.45) is 0 Å². The van der Waals surface area contributed by atoms with E-state index in [0.717, 1.165) is 24.2 Å². The number of halogens is 1. The molecular weight excluding hydrogens is 362 g/mol. The largest absolute Gasteiger partial charge is 0.457 e. The van der Waals surface area contributed by atoms with Gasteiger partial charge < -0.3 is 10.1 Å². The molecule has 1 aliphatic rings. The molecule has 0 saturated heterocycles. The Bertz CT molecular complexity index is 938. The molecule has 1 aliphatic carbocycles. The fourth-order valence-corrected chi connectivity index (χ4v) is 2.79. The molecule has 5 nitrogen and oxygen atoms in total. The van der Waals surface area contributed by atoms with Gasteiger partial charge >= 0.3 is 0 Å². The van der Waals surface area contributed by atoms with Crippen molar-refractivity contribution in [3.05, 3.63) is 77.2 Å². The lowest BCUT2D eigenvalue weighted by atomic mass is 10.1. The van der Waals surface area contributed by atoms with Gasteiger partial charge in [-0.1, -0.05) is 23.7 Å². The molecule has 1 N–H and O–H groups in total. The van der Waals surface area contributed by atoms with Gasteiger partial charge in [-0.15, -0.1) is 0 Å². The molecule has 3 aromatic rings. The number of hydrogen-bond acceptors (Lipinski definition) is 4. The second kappa shape index (κ2) is 7.76. The van der Waals surface area contributed by atoms with E-state index in [0.29, 0.717) is 28.3 Å². The number of carbonyl (C=O) groups is 1. The number of benzene rings is 2. The van der Waals surface area contributed by atoms with Gasteiger partial charge in [-0.2, -0.15) is 0 Å². The van der Waals surface area contributed by atoms with Gasteiger partial charge in [0.1, 0.15) is 23.1 Å². The van der Waals surface area contributed by atoms with E-state index in [4.69, 9.17) is 16.3 Å². The summed E-state index contributed by atoms with van der Waals surface area (Å²) in [6.45, 7) is 0. The highest BCUT2D eigenvalue weighted by Gasteiger charge is 2.26. The molecule has 1 fully saturated rings. The van der Waals surface area contributed by atoms with Crippen LogP contribution in [0, 0.1) is 0 Å². The first-order valence-corrected chi connectivity index (χ1v) is 9.19. The number of nitrogens with zero attached hydrogens (tertiary/aromatic N) is 2. The van der Waals surface area contributed by atoms with Gasteiger partial charge in [-0.3, -0.25) is 4.79 Å². The molecule has 1 aromatic heterocycles. The van der Waals surface area contributed by atoms with Gasteiger partial charge in [0.25, 0.3) is 0 Å². The van der Waals surface area contributed by atoms with Crippen molar-refractivity contribution in [2.45, 2.75) is 25.2 Å². The van der Waals surface area contributed by atoms with Gasteiger partial charge in [0.15, 0.2) is 0 Å². The summed E-state index contributed by atoms with van der Waals surface area (Å²) >= 11 is 5.87. The van der Waals surface area contributed by atoms with Crippen LogP contribution < -0.4 is 10.1 Å². The minimum atomic E-state index is -0.109. The third kappa shape index (κ3) is 4.83. The summed E-state index contributed by atoms with van der Waals surface area (Å²) in [7, 11) is 0. The van der Waals surface area contributed by atoms with E-state index < -0.39 is 0 Å². The molecule has 0 spiro atoms. The van der Waals surface area contributed by atoms with Gasteiger partial charge in [0, 0.05) is 17.1 Å². The van der Waals surface area contributed by atoms with E-state index in [1.54, 1.807) is 36.5 Å². The first-order chi connectivity index (χ1) is 13.2. The Morgan fingerprint density at radius 3 is 2.37 bits per heavy atom. The number of ether oxygens (including phenoxy) is 1. The van der Waals surface area contributed by atoms with Crippen molar-refractivity contribution in [1.29, 1.82) is 0 Å². The molecule has 0 aliphatic heterocycles. The van der Waals surface area contributed by atoms with Crippen LogP contribution >= 0.6 is 11.6 Å². The summed E-state index contributed by atoms with van der Waals surface area (Å²) < 4.78 is 5.75. The predicted octanol–water partition coefficient (Wildman–Crippen LogP) is 4.98. The Hall–Kier alpha value is -2.92. The maximum absolute atomic E-state index is 12.3. The van der Waals surface area contributed by atoms with Crippen molar-refractivity contribution in [3.8, 4) is 11.5 Å². The number of anilines is 1. The van der Waals surface area contributed by atoms with Crippen LogP contribution in [-0.4, -0.2) is 15.9 Å². The van der Waals surface area contributed by atoms with Crippen LogP contribution in [0.3, 0.4) is 0 Å². The second-order valence-electron chi connectivity index (χ2n) is 6.50. The van der Waals surface area contributed by atoms with Crippen LogP contribution in [0.2, 0.25) is 5.02 Å². The van der Waals surface area contributed by atoms with E-state index >= 15 is 0 Å². The van der Waals surface area contributed by atoms with Crippen molar-refractivity contribution in [2.75, 3.05) is 5.32 Å². The highest BCUT2D eigenvalue weighted by atomic mass is 35.5. The number of nitrogens with one attached hydrogen (secondary N) is 1. The van der Waals surface area contributed by atoms with Crippen LogP contribution in [0.1, 0.15) is 30.1 Å². The minimum Gasteiger partial charge on any atom is -0.457 e. The molecule has 1 saturated carbocycles. The van der Waals surface area contributed by atoms with Gasteiger partial charge in [-0.05, 0) is 60.9 Å². The number of carbonyl (C=O) groups excluding carboxylic acids is 1. The quantitative estimate of drug-likeness (QED) is 0.656. The summed E-state index contributed by atoms with van der Waals surface area (Å²) in [6.07, 6.45) is 4.22. The smallest absolute Gasteiger partial charge is 0.229 e. The molecular formula is C21H18ClN3O2. The van der Waals surface area contributed by atoms with Crippen LogP contribution in [0.4, 0.5) is 5.82 Å². The summed E-state index contributed by atoms with van der Waals surface area (Å²) in [6, 6.07) is 16.3. The first-order valence-electron chi connectivity index (χ1n) is 8.81. The lowest BCUT2D eigenvalue weighted by molar-refractivity contribution is -0.115. The average Bonchev–Trinajstić information content (AvgIpc) is 3.51. The Morgan fingerprint density at radius 1 is 1.04 bits per heavy atom. The highest BCUT2D eigenvalue weighted by Crippen LogP contribution is 2.38. The monoisotopic (exact) mass is 379 g/mol. The molecule has 0 atom stereocenters. The number of hydrogen-bond donors (Lipinski definition) is 1. The Kier molecular flexibility index (Phi) is 5.03. The van der Waals surface area contributed by atoms with Crippen molar-refractivity contribution >= 4 is 23.3 Å². The maximum atomic E-state index is 12.3. The van der Waals surface area contributed by atoms with Gasteiger partial charge in [0.2, 0.25) is 5.91 Å². The van der Waals surface area contributed by atoms with Gasteiger partial charge in [0.05, 0.1) is 6.42 Å². The van der Waals surface area contributed by atoms with Crippen molar-refractivity contribution in [1.82, 2.24) is 9.97 Å².